The summed E-state index contributed by atoms with van der Waals surface area (Å²) in [5, 5.41) is 23.3. The smallest absolute Gasteiger partial charge is 0.326 e. The van der Waals surface area contributed by atoms with Gasteiger partial charge in [0.2, 0.25) is 11.7 Å². The highest BCUT2D eigenvalue weighted by Gasteiger charge is 2.23. The predicted molar refractivity (Wildman–Crippen MR) is 77.7 cm³/mol. The van der Waals surface area contributed by atoms with E-state index in [-0.39, 0.29) is 12.5 Å². The third-order valence-electron chi connectivity index (χ3n) is 3.02. The number of aromatic nitrogens is 4. The Kier molecular flexibility index (Phi) is 4.82. The average Bonchev–Trinajstić information content (AvgIpc) is 2.93. The van der Waals surface area contributed by atoms with Gasteiger partial charge >= 0.3 is 5.97 Å². The minimum atomic E-state index is -1.07. The molecule has 1 heterocycles. The van der Waals surface area contributed by atoms with Crippen LogP contribution in [0, 0.1) is 5.92 Å². The van der Waals surface area contributed by atoms with E-state index in [2.05, 4.69) is 20.7 Å². The number of benzene rings is 1. The fourth-order valence-corrected chi connectivity index (χ4v) is 1.87. The molecule has 2 N–H and O–H groups in total. The Labute approximate surface area is 127 Å². The molecular weight excluding hydrogens is 286 g/mol. The van der Waals surface area contributed by atoms with Gasteiger partial charge in [0.25, 0.3) is 0 Å². The standard InChI is InChI=1S/C14H17N5O3/c1-9(2)12(14(21)22)15-11(20)8-19-17-13(16-18-19)10-6-4-3-5-7-10/h3-7,9,12H,8H2,1-2H3,(H,15,20)(H,21,22). The molecule has 0 bridgehead atoms. The molecule has 0 fully saturated rings. The lowest BCUT2D eigenvalue weighted by atomic mass is 10.1. The second kappa shape index (κ2) is 6.79. The van der Waals surface area contributed by atoms with Crippen LogP contribution < -0.4 is 5.32 Å². The van der Waals surface area contributed by atoms with Gasteiger partial charge in [-0.05, 0) is 11.1 Å². The second-order valence-electron chi connectivity index (χ2n) is 5.14. The number of hydrogen-bond donors (Lipinski definition) is 2. The number of carbonyl (C=O) groups excluding carboxylic acids is 1. The van der Waals surface area contributed by atoms with Crippen LogP contribution >= 0.6 is 0 Å². The monoisotopic (exact) mass is 303 g/mol. The lowest BCUT2D eigenvalue weighted by Gasteiger charge is -2.17. The summed E-state index contributed by atoms with van der Waals surface area (Å²) < 4.78 is 0. The number of nitrogens with one attached hydrogen (secondary N) is 1. The number of hydrogen-bond acceptors (Lipinski definition) is 5. The Hall–Kier alpha value is -2.77. The van der Waals surface area contributed by atoms with Crippen molar-refractivity contribution in [2.24, 2.45) is 5.92 Å². The van der Waals surface area contributed by atoms with Gasteiger partial charge in [0.05, 0.1) is 0 Å². The van der Waals surface area contributed by atoms with E-state index in [9.17, 15) is 9.59 Å². The molecule has 2 aromatic rings. The van der Waals surface area contributed by atoms with Crippen molar-refractivity contribution >= 4 is 11.9 Å². The third kappa shape index (κ3) is 3.87. The maximum Gasteiger partial charge on any atom is 0.326 e. The fourth-order valence-electron chi connectivity index (χ4n) is 1.87. The molecule has 1 unspecified atom stereocenters. The van der Waals surface area contributed by atoms with Crippen molar-refractivity contribution in [1.29, 1.82) is 0 Å². The molecule has 1 amide bonds. The number of tetrazole rings is 1. The Bertz CT molecular complexity index is 654. The van der Waals surface area contributed by atoms with Crippen molar-refractivity contribution in [1.82, 2.24) is 25.5 Å². The van der Waals surface area contributed by atoms with Crippen molar-refractivity contribution in [2.45, 2.75) is 26.4 Å². The van der Waals surface area contributed by atoms with E-state index in [4.69, 9.17) is 5.11 Å². The van der Waals surface area contributed by atoms with Gasteiger partial charge < -0.3 is 10.4 Å². The average molecular weight is 303 g/mol. The molecule has 116 valence electrons. The lowest BCUT2D eigenvalue weighted by Crippen LogP contribution is -2.45. The van der Waals surface area contributed by atoms with Crippen LogP contribution in [-0.2, 0) is 16.1 Å². The Morgan fingerprint density at radius 3 is 2.55 bits per heavy atom. The van der Waals surface area contributed by atoms with E-state index in [1.807, 2.05) is 30.3 Å². The highest BCUT2D eigenvalue weighted by Crippen LogP contribution is 2.11. The molecule has 0 aliphatic rings. The molecule has 2 rings (SSSR count). The molecular formula is C14H17N5O3. The van der Waals surface area contributed by atoms with Crippen LogP contribution in [0.15, 0.2) is 30.3 Å². The first-order valence-electron chi connectivity index (χ1n) is 6.82. The molecule has 0 radical (unpaired) electrons. The maximum atomic E-state index is 11.9. The van der Waals surface area contributed by atoms with Crippen LogP contribution in [0.1, 0.15) is 13.8 Å². The van der Waals surface area contributed by atoms with E-state index in [0.29, 0.717) is 5.82 Å². The Morgan fingerprint density at radius 2 is 1.95 bits per heavy atom. The number of aliphatic carboxylic acids is 1. The van der Waals surface area contributed by atoms with Crippen molar-refractivity contribution in [3.8, 4) is 11.4 Å². The highest BCUT2D eigenvalue weighted by molar-refractivity contribution is 5.83. The van der Waals surface area contributed by atoms with Crippen molar-refractivity contribution < 1.29 is 14.7 Å². The molecule has 0 aliphatic heterocycles. The quantitative estimate of drug-likeness (QED) is 0.807. The first-order chi connectivity index (χ1) is 10.5. The third-order valence-corrected chi connectivity index (χ3v) is 3.02. The summed E-state index contributed by atoms with van der Waals surface area (Å²) >= 11 is 0. The number of carboxylic acid groups (broad SMARTS) is 1. The van der Waals surface area contributed by atoms with Gasteiger partial charge in [-0.25, -0.2) is 4.79 Å². The van der Waals surface area contributed by atoms with E-state index in [1.54, 1.807) is 13.8 Å². The minimum absolute atomic E-state index is 0.184. The second-order valence-corrected chi connectivity index (χ2v) is 5.14. The molecule has 0 saturated heterocycles. The summed E-state index contributed by atoms with van der Waals surface area (Å²) in [6.45, 7) is 3.26. The maximum absolute atomic E-state index is 11.9. The van der Waals surface area contributed by atoms with Gasteiger partial charge in [0, 0.05) is 5.56 Å². The number of rotatable bonds is 6. The molecule has 22 heavy (non-hydrogen) atoms. The minimum Gasteiger partial charge on any atom is -0.480 e. The fraction of sp³-hybridized carbons (Fsp3) is 0.357. The Morgan fingerprint density at radius 1 is 1.27 bits per heavy atom. The van der Waals surface area contributed by atoms with Gasteiger partial charge in [-0.1, -0.05) is 44.2 Å². The Balaban J connectivity index is 2.01. The molecule has 8 nitrogen and oxygen atoms in total. The van der Waals surface area contributed by atoms with Crippen LogP contribution in [0.3, 0.4) is 0 Å². The molecule has 0 aliphatic carbocycles. The number of carbonyl (C=O) groups is 2. The normalized spacial score (nSPS) is 12.1. The van der Waals surface area contributed by atoms with Crippen LogP contribution in [0.5, 0.6) is 0 Å². The number of amides is 1. The topological polar surface area (TPSA) is 110 Å². The van der Waals surface area contributed by atoms with E-state index in [0.717, 1.165) is 10.4 Å². The van der Waals surface area contributed by atoms with Crippen LogP contribution in [0.4, 0.5) is 0 Å². The summed E-state index contributed by atoms with van der Waals surface area (Å²) in [5.74, 6) is -1.35. The van der Waals surface area contributed by atoms with Gasteiger partial charge in [-0.3, -0.25) is 4.79 Å². The predicted octanol–water partition coefficient (Wildman–Crippen LogP) is 0.565. The molecule has 1 aromatic carbocycles. The van der Waals surface area contributed by atoms with Crippen molar-refractivity contribution in [3.63, 3.8) is 0 Å². The highest BCUT2D eigenvalue weighted by atomic mass is 16.4. The van der Waals surface area contributed by atoms with Gasteiger partial charge in [-0.15, -0.1) is 10.2 Å². The summed E-state index contributed by atoms with van der Waals surface area (Å²) in [5.41, 5.74) is 0.791. The molecule has 0 saturated carbocycles. The van der Waals surface area contributed by atoms with Crippen LogP contribution in [-0.4, -0.2) is 43.2 Å². The largest absolute Gasteiger partial charge is 0.480 e. The first-order valence-corrected chi connectivity index (χ1v) is 6.82. The van der Waals surface area contributed by atoms with E-state index < -0.39 is 17.9 Å². The molecule has 1 aromatic heterocycles. The zero-order valence-corrected chi connectivity index (χ0v) is 12.3. The molecule has 0 spiro atoms. The van der Waals surface area contributed by atoms with Crippen LogP contribution in [0.25, 0.3) is 11.4 Å². The van der Waals surface area contributed by atoms with Gasteiger partial charge in [-0.2, -0.15) is 4.80 Å². The number of carboxylic acids is 1. The van der Waals surface area contributed by atoms with Crippen molar-refractivity contribution in [2.75, 3.05) is 0 Å². The number of nitrogens with zero attached hydrogens (tertiary/aromatic N) is 4. The molecule has 8 heteroatoms. The van der Waals surface area contributed by atoms with Crippen molar-refractivity contribution in [3.05, 3.63) is 30.3 Å². The van der Waals surface area contributed by atoms with E-state index >= 15 is 0 Å². The van der Waals surface area contributed by atoms with Gasteiger partial charge in [0.15, 0.2) is 0 Å². The zero-order valence-electron chi connectivity index (χ0n) is 12.3. The molecule has 1 atom stereocenters. The van der Waals surface area contributed by atoms with Gasteiger partial charge in [0.1, 0.15) is 12.6 Å². The summed E-state index contributed by atoms with van der Waals surface area (Å²) in [6.07, 6.45) is 0. The van der Waals surface area contributed by atoms with Crippen LogP contribution in [0.2, 0.25) is 0 Å². The summed E-state index contributed by atoms with van der Waals surface area (Å²) in [6, 6.07) is 8.30. The van der Waals surface area contributed by atoms with E-state index in [1.165, 1.54) is 0 Å². The lowest BCUT2D eigenvalue weighted by molar-refractivity contribution is -0.143. The first kappa shape index (κ1) is 15.6. The summed E-state index contributed by atoms with van der Waals surface area (Å²) in [7, 11) is 0. The SMILES string of the molecule is CC(C)C(NC(=O)Cn1nnc(-c2ccccc2)n1)C(=O)O. The zero-order chi connectivity index (χ0) is 16.1. The summed E-state index contributed by atoms with van der Waals surface area (Å²) in [4.78, 5) is 24.1.